The van der Waals surface area contributed by atoms with E-state index in [9.17, 15) is 4.79 Å². The lowest BCUT2D eigenvalue weighted by Crippen LogP contribution is -2.25. The Balaban J connectivity index is 2.84. The topological polar surface area (TPSA) is 80.0 Å². The SMILES string of the molecule is CCOC(COc1noc(C(C(=O)OC)C(C)C)c1Cl)OCC. The molecule has 23 heavy (non-hydrogen) atoms. The van der Waals surface area contributed by atoms with Crippen molar-refractivity contribution in [3.8, 4) is 5.88 Å². The first-order valence-electron chi connectivity index (χ1n) is 7.55. The zero-order chi connectivity index (χ0) is 17.4. The summed E-state index contributed by atoms with van der Waals surface area (Å²) in [7, 11) is 1.31. The van der Waals surface area contributed by atoms with E-state index in [4.69, 9.17) is 35.1 Å². The first kappa shape index (κ1) is 19.7. The van der Waals surface area contributed by atoms with Crippen LogP contribution in [-0.2, 0) is 19.0 Å². The Hall–Kier alpha value is -1.31. The van der Waals surface area contributed by atoms with Crippen LogP contribution in [0.2, 0.25) is 5.02 Å². The van der Waals surface area contributed by atoms with Gasteiger partial charge in [-0.25, -0.2) is 0 Å². The fraction of sp³-hybridized carbons (Fsp3) is 0.733. The summed E-state index contributed by atoms with van der Waals surface area (Å²) in [5.74, 6) is -0.827. The molecular weight excluding hydrogens is 326 g/mol. The summed E-state index contributed by atoms with van der Waals surface area (Å²) in [5, 5.41) is 3.93. The third kappa shape index (κ3) is 5.37. The molecule has 1 aromatic heterocycles. The van der Waals surface area contributed by atoms with Crippen LogP contribution < -0.4 is 4.74 Å². The number of esters is 1. The number of ether oxygens (including phenoxy) is 4. The molecule has 1 unspecified atom stereocenters. The number of methoxy groups -OCH3 is 1. The Bertz CT molecular complexity index is 484. The van der Waals surface area contributed by atoms with Crippen molar-refractivity contribution in [1.82, 2.24) is 5.16 Å². The minimum absolute atomic E-state index is 0.0691. The van der Waals surface area contributed by atoms with Crippen LogP contribution >= 0.6 is 11.6 Å². The van der Waals surface area contributed by atoms with Gasteiger partial charge in [0.05, 0.1) is 7.11 Å². The molecule has 8 heteroatoms. The monoisotopic (exact) mass is 349 g/mol. The molecule has 1 rings (SSSR count). The fourth-order valence-electron chi connectivity index (χ4n) is 2.03. The lowest BCUT2D eigenvalue weighted by Gasteiger charge is -2.16. The number of carbonyl (C=O) groups excluding carboxylic acids is 1. The van der Waals surface area contributed by atoms with Crippen LogP contribution in [0.4, 0.5) is 0 Å². The van der Waals surface area contributed by atoms with Gasteiger partial charge in [-0.15, -0.1) is 0 Å². The maximum absolute atomic E-state index is 11.9. The van der Waals surface area contributed by atoms with Crippen LogP contribution in [0.5, 0.6) is 5.88 Å². The molecule has 0 radical (unpaired) electrons. The zero-order valence-corrected chi connectivity index (χ0v) is 14.9. The molecule has 1 heterocycles. The second-order valence-corrected chi connectivity index (χ2v) is 5.44. The highest BCUT2D eigenvalue weighted by atomic mass is 35.5. The van der Waals surface area contributed by atoms with Crippen molar-refractivity contribution in [3.05, 3.63) is 10.8 Å². The average molecular weight is 350 g/mol. The zero-order valence-electron chi connectivity index (χ0n) is 14.1. The van der Waals surface area contributed by atoms with Gasteiger partial charge < -0.3 is 23.5 Å². The molecule has 1 atom stereocenters. The van der Waals surface area contributed by atoms with Crippen LogP contribution in [0.1, 0.15) is 39.4 Å². The van der Waals surface area contributed by atoms with Gasteiger partial charge in [0.25, 0.3) is 5.88 Å². The summed E-state index contributed by atoms with van der Waals surface area (Å²) in [6.07, 6.45) is -0.525. The summed E-state index contributed by atoms with van der Waals surface area (Å²) in [5.41, 5.74) is 0. The molecule has 0 aliphatic rings. The van der Waals surface area contributed by atoms with E-state index in [1.165, 1.54) is 7.11 Å². The first-order valence-corrected chi connectivity index (χ1v) is 7.92. The van der Waals surface area contributed by atoms with Crippen LogP contribution in [0.25, 0.3) is 0 Å². The molecule has 0 aliphatic heterocycles. The number of hydrogen-bond donors (Lipinski definition) is 0. The van der Waals surface area contributed by atoms with Gasteiger partial charge in [0, 0.05) is 13.2 Å². The summed E-state index contributed by atoms with van der Waals surface area (Å²) >= 11 is 6.23. The van der Waals surface area contributed by atoms with Gasteiger partial charge in [-0.2, -0.15) is 0 Å². The number of aromatic nitrogens is 1. The molecule has 0 amide bonds. The van der Waals surface area contributed by atoms with Crippen LogP contribution in [0, 0.1) is 5.92 Å². The molecule has 7 nitrogen and oxygen atoms in total. The van der Waals surface area contributed by atoms with E-state index in [2.05, 4.69) is 5.16 Å². The smallest absolute Gasteiger partial charge is 0.316 e. The van der Waals surface area contributed by atoms with E-state index in [-0.39, 0.29) is 29.2 Å². The molecule has 0 spiro atoms. The molecule has 1 aromatic rings. The fourth-order valence-corrected chi connectivity index (χ4v) is 2.27. The normalized spacial score (nSPS) is 12.7. The summed E-state index contributed by atoms with van der Waals surface area (Å²) in [6, 6.07) is 0. The highest BCUT2D eigenvalue weighted by Gasteiger charge is 2.33. The van der Waals surface area contributed by atoms with Crippen LogP contribution in [0.3, 0.4) is 0 Å². The maximum Gasteiger partial charge on any atom is 0.316 e. The Labute approximate surface area is 141 Å². The Morgan fingerprint density at radius 1 is 1.26 bits per heavy atom. The van der Waals surface area contributed by atoms with Crippen LogP contribution in [-0.4, -0.2) is 44.3 Å². The van der Waals surface area contributed by atoms with E-state index in [0.717, 1.165) is 0 Å². The molecule has 0 fully saturated rings. The molecule has 132 valence electrons. The third-order valence-corrected chi connectivity index (χ3v) is 3.44. The number of carbonyl (C=O) groups is 1. The minimum atomic E-state index is -0.646. The van der Waals surface area contributed by atoms with Crippen molar-refractivity contribution < 1.29 is 28.3 Å². The minimum Gasteiger partial charge on any atom is -0.469 e. The van der Waals surface area contributed by atoms with Crippen molar-refractivity contribution in [3.63, 3.8) is 0 Å². The molecule has 0 aromatic carbocycles. The van der Waals surface area contributed by atoms with Gasteiger partial charge in [-0.1, -0.05) is 25.4 Å². The second kappa shape index (κ2) is 9.75. The molecule has 0 aliphatic carbocycles. The standard InChI is InChI=1S/C15H24ClNO6/c1-6-20-10(21-7-2)8-22-14-12(16)13(23-17-14)11(9(3)4)15(18)19-5/h9-11H,6-8H2,1-5H3. The van der Waals surface area contributed by atoms with Crippen molar-refractivity contribution in [2.24, 2.45) is 5.92 Å². The van der Waals surface area contributed by atoms with Crippen LogP contribution in [0.15, 0.2) is 4.52 Å². The number of halogens is 1. The Kier molecular flexibility index (Phi) is 8.36. The molecule has 0 saturated heterocycles. The van der Waals surface area contributed by atoms with Gasteiger partial charge in [-0.3, -0.25) is 4.79 Å². The predicted molar refractivity (Wildman–Crippen MR) is 83.6 cm³/mol. The Morgan fingerprint density at radius 3 is 2.35 bits per heavy atom. The van der Waals surface area contributed by atoms with Gasteiger partial charge in [0.2, 0.25) is 0 Å². The van der Waals surface area contributed by atoms with Gasteiger partial charge in [0.1, 0.15) is 17.5 Å². The van der Waals surface area contributed by atoms with E-state index < -0.39 is 18.2 Å². The van der Waals surface area contributed by atoms with Gasteiger partial charge in [-0.05, 0) is 24.9 Å². The summed E-state index contributed by atoms with van der Waals surface area (Å²) in [6.45, 7) is 8.53. The summed E-state index contributed by atoms with van der Waals surface area (Å²) in [4.78, 5) is 11.9. The number of hydrogen-bond acceptors (Lipinski definition) is 7. The largest absolute Gasteiger partial charge is 0.469 e. The predicted octanol–water partition coefficient (Wildman–Crippen LogP) is 3.02. The highest BCUT2D eigenvalue weighted by molar-refractivity contribution is 6.32. The number of rotatable bonds is 10. The first-order chi connectivity index (χ1) is 11.0. The second-order valence-electron chi connectivity index (χ2n) is 5.06. The maximum atomic E-state index is 11.9. The molecule has 0 bridgehead atoms. The van der Waals surface area contributed by atoms with E-state index in [0.29, 0.717) is 13.2 Å². The van der Waals surface area contributed by atoms with Crippen molar-refractivity contribution >= 4 is 17.6 Å². The van der Waals surface area contributed by atoms with Crippen molar-refractivity contribution in [2.45, 2.75) is 39.9 Å². The highest BCUT2D eigenvalue weighted by Crippen LogP contribution is 2.36. The van der Waals surface area contributed by atoms with E-state index in [1.54, 1.807) is 0 Å². The molecule has 0 saturated carbocycles. The Morgan fingerprint density at radius 2 is 1.87 bits per heavy atom. The lowest BCUT2D eigenvalue weighted by molar-refractivity contribution is -0.152. The molecular formula is C15H24ClNO6. The van der Waals surface area contributed by atoms with E-state index >= 15 is 0 Å². The van der Waals surface area contributed by atoms with Crippen molar-refractivity contribution in [2.75, 3.05) is 26.9 Å². The van der Waals surface area contributed by atoms with E-state index in [1.807, 2.05) is 27.7 Å². The number of nitrogens with zero attached hydrogens (tertiary/aromatic N) is 1. The molecule has 0 N–H and O–H groups in total. The average Bonchev–Trinajstić information content (AvgIpc) is 2.86. The quantitative estimate of drug-likeness (QED) is 0.474. The van der Waals surface area contributed by atoms with Crippen molar-refractivity contribution in [1.29, 1.82) is 0 Å². The van der Waals surface area contributed by atoms with Gasteiger partial charge >= 0.3 is 5.97 Å². The van der Waals surface area contributed by atoms with Gasteiger partial charge in [0.15, 0.2) is 12.1 Å². The third-order valence-electron chi connectivity index (χ3n) is 3.10. The summed E-state index contributed by atoms with van der Waals surface area (Å²) < 4.78 is 26.2. The lowest BCUT2D eigenvalue weighted by atomic mass is 9.93.